The molecule has 0 aliphatic rings. The van der Waals surface area contributed by atoms with E-state index in [9.17, 15) is 9.59 Å². The molecule has 0 spiro atoms. The number of carbonyl (C=O) groups is 2. The minimum atomic E-state index is -1.26. The molecule has 92 valence electrons. The van der Waals surface area contributed by atoms with Crippen molar-refractivity contribution in [1.82, 2.24) is 0 Å². The van der Waals surface area contributed by atoms with Gasteiger partial charge in [-0.15, -0.1) is 0 Å². The zero-order chi connectivity index (χ0) is 13.0. The van der Waals surface area contributed by atoms with Gasteiger partial charge in [-0.1, -0.05) is 23.7 Å². The van der Waals surface area contributed by atoms with E-state index >= 15 is 0 Å². The summed E-state index contributed by atoms with van der Waals surface area (Å²) >= 11 is 5.70. The van der Waals surface area contributed by atoms with E-state index in [1.165, 1.54) is 0 Å². The molecule has 4 N–H and O–H groups in total. The van der Waals surface area contributed by atoms with E-state index in [-0.39, 0.29) is 6.42 Å². The molecule has 0 aliphatic heterocycles. The molecule has 0 saturated carbocycles. The molecule has 0 amide bonds. The third-order valence-corrected chi connectivity index (χ3v) is 2.66. The van der Waals surface area contributed by atoms with Gasteiger partial charge in [-0.25, -0.2) is 0 Å². The lowest BCUT2D eigenvalue weighted by atomic mass is 9.89. The SMILES string of the molecule is N[C@H](C(=O)O)[C@@H](CC(=O)O)c1ccc(Cl)cc1. The smallest absolute Gasteiger partial charge is 0.321 e. The van der Waals surface area contributed by atoms with Gasteiger partial charge in [0.05, 0.1) is 6.42 Å². The standard InChI is InChI=1S/C11H12ClNO4/c12-7-3-1-6(2-4-7)8(5-9(14)15)10(13)11(16)17/h1-4,8,10H,5,13H2,(H,14,15)(H,16,17)/t8-,10-/m0/s1. The minimum absolute atomic E-state index is 0.338. The Bertz CT molecular complexity index is 418. The molecule has 0 fully saturated rings. The highest BCUT2D eigenvalue weighted by molar-refractivity contribution is 6.30. The molecule has 2 atom stereocenters. The van der Waals surface area contributed by atoms with Crippen LogP contribution in [-0.4, -0.2) is 28.2 Å². The summed E-state index contributed by atoms with van der Waals surface area (Å²) in [6.45, 7) is 0. The van der Waals surface area contributed by atoms with Gasteiger partial charge in [0.2, 0.25) is 0 Å². The summed E-state index contributed by atoms with van der Waals surface area (Å²) in [6.07, 6.45) is -0.338. The summed E-state index contributed by atoms with van der Waals surface area (Å²) in [5.41, 5.74) is 6.03. The monoisotopic (exact) mass is 257 g/mol. The molecule has 0 unspecified atom stereocenters. The maximum Gasteiger partial charge on any atom is 0.321 e. The van der Waals surface area contributed by atoms with Crippen LogP contribution in [0.4, 0.5) is 0 Å². The van der Waals surface area contributed by atoms with Gasteiger partial charge in [-0.3, -0.25) is 9.59 Å². The van der Waals surface area contributed by atoms with Crippen molar-refractivity contribution in [2.75, 3.05) is 0 Å². The van der Waals surface area contributed by atoms with Crippen LogP contribution >= 0.6 is 11.6 Å². The summed E-state index contributed by atoms with van der Waals surface area (Å²) < 4.78 is 0. The lowest BCUT2D eigenvalue weighted by Gasteiger charge is -2.19. The Kier molecular flexibility index (Phi) is 4.48. The van der Waals surface area contributed by atoms with Gasteiger partial charge in [-0.05, 0) is 17.7 Å². The van der Waals surface area contributed by atoms with Crippen molar-refractivity contribution in [3.8, 4) is 0 Å². The second-order valence-electron chi connectivity index (χ2n) is 3.62. The number of nitrogens with two attached hydrogens (primary N) is 1. The number of hydrogen-bond donors (Lipinski definition) is 3. The number of carboxylic acid groups (broad SMARTS) is 2. The fraction of sp³-hybridized carbons (Fsp3) is 0.273. The first-order valence-corrected chi connectivity index (χ1v) is 5.25. The summed E-state index contributed by atoms with van der Waals surface area (Å²) in [5.74, 6) is -3.10. The normalized spacial score (nSPS) is 14.0. The van der Waals surface area contributed by atoms with E-state index in [2.05, 4.69) is 0 Å². The third-order valence-electron chi connectivity index (χ3n) is 2.41. The van der Waals surface area contributed by atoms with Crippen LogP contribution in [0.5, 0.6) is 0 Å². The molecule has 1 rings (SSSR count). The van der Waals surface area contributed by atoms with Crippen molar-refractivity contribution in [3.05, 3.63) is 34.9 Å². The lowest BCUT2D eigenvalue weighted by Crippen LogP contribution is -2.37. The maximum absolute atomic E-state index is 10.8. The van der Waals surface area contributed by atoms with Crippen LogP contribution in [0, 0.1) is 0 Å². The molecule has 1 aromatic rings. The van der Waals surface area contributed by atoms with E-state index in [4.69, 9.17) is 27.5 Å². The van der Waals surface area contributed by atoms with Gasteiger partial charge in [0.1, 0.15) is 6.04 Å². The van der Waals surface area contributed by atoms with Crippen LogP contribution in [0.2, 0.25) is 5.02 Å². The zero-order valence-corrected chi connectivity index (χ0v) is 9.59. The molecular weight excluding hydrogens is 246 g/mol. The van der Waals surface area contributed by atoms with Crippen molar-refractivity contribution >= 4 is 23.5 Å². The fourth-order valence-corrected chi connectivity index (χ4v) is 1.65. The summed E-state index contributed by atoms with van der Waals surface area (Å²) in [6, 6.07) is 5.05. The average molecular weight is 258 g/mol. The van der Waals surface area contributed by atoms with Crippen LogP contribution < -0.4 is 5.73 Å². The van der Waals surface area contributed by atoms with Crippen molar-refractivity contribution in [2.45, 2.75) is 18.4 Å². The van der Waals surface area contributed by atoms with Gasteiger partial charge in [0.15, 0.2) is 0 Å². The zero-order valence-electron chi connectivity index (χ0n) is 8.84. The van der Waals surface area contributed by atoms with Crippen molar-refractivity contribution in [3.63, 3.8) is 0 Å². The molecule has 0 radical (unpaired) electrons. The van der Waals surface area contributed by atoms with E-state index in [0.717, 1.165) is 0 Å². The van der Waals surface area contributed by atoms with Gasteiger partial charge >= 0.3 is 11.9 Å². The Hall–Kier alpha value is -1.59. The Balaban J connectivity index is 3.01. The van der Waals surface area contributed by atoms with Crippen LogP contribution in [0.3, 0.4) is 0 Å². The maximum atomic E-state index is 10.8. The number of hydrogen-bond acceptors (Lipinski definition) is 3. The lowest BCUT2D eigenvalue weighted by molar-refractivity contribution is -0.140. The van der Waals surface area contributed by atoms with Gasteiger partial charge in [0.25, 0.3) is 0 Å². The molecule has 0 bridgehead atoms. The van der Waals surface area contributed by atoms with Gasteiger partial charge < -0.3 is 15.9 Å². The second kappa shape index (κ2) is 5.65. The predicted molar refractivity (Wildman–Crippen MR) is 62.1 cm³/mol. The van der Waals surface area contributed by atoms with Crippen LogP contribution in [0.25, 0.3) is 0 Å². The molecule has 5 nitrogen and oxygen atoms in total. The minimum Gasteiger partial charge on any atom is -0.481 e. The van der Waals surface area contributed by atoms with E-state index in [1.807, 2.05) is 0 Å². The summed E-state index contributed by atoms with van der Waals surface area (Å²) in [5, 5.41) is 18.1. The number of halogens is 1. The Morgan fingerprint density at radius 2 is 1.76 bits per heavy atom. The number of aliphatic carboxylic acids is 2. The number of benzene rings is 1. The topological polar surface area (TPSA) is 101 Å². The van der Waals surface area contributed by atoms with Crippen molar-refractivity contribution < 1.29 is 19.8 Å². The fourth-order valence-electron chi connectivity index (χ4n) is 1.52. The van der Waals surface area contributed by atoms with Crippen LogP contribution in [-0.2, 0) is 9.59 Å². The molecule has 0 heterocycles. The predicted octanol–water partition coefficient (Wildman–Crippen LogP) is 1.31. The average Bonchev–Trinajstić information content (AvgIpc) is 2.26. The van der Waals surface area contributed by atoms with Crippen LogP contribution in [0.15, 0.2) is 24.3 Å². The van der Waals surface area contributed by atoms with E-state index in [1.54, 1.807) is 24.3 Å². The first kappa shape index (κ1) is 13.5. The highest BCUT2D eigenvalue weighted by atomic mass is 35.5. The van der Waals surface area contributed by atoms with Gasteiger partial charge in [0, 0.05) is 10.9 Å². The Labute approximate surface area is 103 Å². The number of carboxylic acids is 2. The first-order valence-electron chi connectivity index (χ1n) is 4.87. The summed E-state index contributed by atoms with van der Waals surface area (Å²) in [7, 11) is 0. The molecule has 1 aromatic carbocycles. The summed E-state index contributed by atoms with van der Waals surface area (Å²) in [4.78, 5) is 21.5. The largest absolute Gasteiger partial charge is 0.481 e. The highest BCUT2D eigenvalue weighted by Gasteiger charge is 2.27. The third kappa shape index (κ3) is 3.72. The number of rotatable bonds is 5. The molecule has 0 aromatic heterocycles. The van der Waals surface area contributed by atoms with Crippen molar-refractivity contribution in [2.24, 2.45) is 5.73 Å². The van der Waals surface area contributed by atoms with Gasteiger partial charge in [-0.2, -0.15) is 0 Å². The first-order chi connectivity index (χ1) is 7.91. The molecule has 0 saturated heterocycles. The van der Waals surface area contributed by atoms with Crippen molar-refractivity contribution in [1.29, 1.82) is 0 Å². The Morgan fingerprint density at radius 1 is 1.24 bits per heavy atom. The Morgan fingerprint density at radius 3 is 2.18 bits per heavy atom. The van der Waals surface area contributed by atoms with Crippen LogP contribution in [0.1, 0.15) is 17.9 Å². The molecule has 17 heavy (non-hydrogen) atoms. The van der Waals surface area contributed by atoms with E-state index in [0.29, 0.717) is 10.6 Å². The molecule has 0 aliphatic carbocycles. The highest BCUT2D eigenvalue weighted by Crippen LogP contribution is 2.24. The van der Waals surface area contributed by atoms with E-state index < -0.39 is 23.9 Å². The second-order valence-corrected chi connectivity index (χ2v) is 4.06. The quantitative estimate of drug-likeness (QED) is 0.738. The molecular formula is C11H12ClNO4. The molecule has 6 heteroatoms.